The number of ether oxygens (including phenoxy) is 2. The quantitative estimate of drug-likeness (QED) is 0.285. The summed E-state index contributed by atoms with van der Waals surface area (Å²) < 4.78 is 11.2. The lowest BCUT2D eigenvalue weighted by Crippen LogP contribution is -2.46. The molecule has 0 radical (unpaired) electrons. The topological polar surface area (TPSA) is 105 Å². The smallest absolute Gasteiger partial charge is 0.417 e. The van der Waals surface area contributed by atoms with E-state index < -0.39 is 30.0 Å². The number of rotatable bonds is 6. The number of hydrogen-bond donors (Lipinski definition) is 0. The van der Waals surface area contributed by atoms with Crippen molar-refractivity contribution in [2.45, 2.75) is 56.9 Å². The third kappa shape index (κ3) is 5.04. The van der Waals surface area contributed by atoms with Gasteiger partial charge >= 0.3 is 6.09 Å². The highest BCUT2D eigenvalue weighted by atomic mass is 35.5. The minimum Gasteiger partial charge on any atom is -0.446 e. The number of carbonyl (C=O) groups excluding carboxylic acids is 2. The van der Waals surface area contributed by atoms with Crippen molar-refractivity contribution < 1.29 is 19.1 Å². The lowest BCUT2D eigenvalue weighted by atomic mass is 9.74. The summed E-state index contributed by atoms with van der Waals surface area (Å²) in [4.78, 5) is 30.7. The fourth-order valence-electron chi connectivity index (χ4n) is 5.21. The van der Waals surface area contributed by atoms with Crippen LogP contribution in [0.1, 0.15) is 49.8 Å². The van der Waals surface area contributed by atoms with Crippen molar-refractivity contribution in [1.29, 1.82) is 0 Å². The highest BCUT2D eigenvalue weighted by Crippen LogP contribution is 2.42. The van der Waals surface area contributed by atoms with Crippen molar-refractivity contribution in [2.24, 2.45) is 11.0 Å². The maximum absolute atomic E-state index is 13.9. The summed E-state index contributed by atoms with van der Waals surface area (Å²) in [6, 6.07) is 14.7. The second kappa shape index (κ2) is 10.5. The zero-order chi connectivity index (χ0) is 24.2. The van der Waals surface area contributed by atoms with E-state index in [1.165, 1.54) is 0 Å². The molecule has 2 saturated heterocycles. The van der Waals surface area contributed by atoms with Crippen LogP contribution in [0.2, 0.25) is 5.02 Å². The minimum atomic E-state index is -1.13. The van der Waals surface area contributed by atoms with Gasteiger partial charge in [0.15, 0.2) is 0 Å². The second-order valence-corrected chi connectivity index (χ2v) is 9.36. The van der Waals surface area contributed by atoms with Crippen LogP contribution in [0.4, 0.5) is 4.79 Å². The van der Waals surface area contributed by atoms with E-state index in [1.807, 2.05) is 56.3 Å². The molecule has 2 unspecified atom stereocenters. The number of hydrogen-bond acceptors (Lipinski definition) is 5. The van der Waals surface area contributed by atoms with Gasteiger partial charge in [-0.2, -0.15) is 0 Å². The number of carbonyl (C=O) groups is 2. The number of benzene rings is 2. The highest BCUT2D eigenvalue weighted by Gasteiger charge is 2.46. The van der Waals surface area contributed by atoms with Crippen molar-refractivity contribution in [3.05, 3.63) is 81.2 Å². The van der Waals surface area contributed by atoms with Gasteiger partial charge in [0.1, 0.15) is 18.7 Å². The van der Waals surface area contributed by atoms with Gasteiger partial charge in [0.2, 0.25) is 5.91 Å². The lowest BCUT2D eigenvalue weighted by molar-refractivity contribution is -0.132. The average Bonchev–Trinajstić information content (AvgIpc) is 3.21. The maximum Gasteiger partial charge on any atom is 0.417 e. The summed E-state index contributed by atoms with van der Waals surface area (Å²) in [5.74, 6) is -1.03. The van der Waals surface area contributed by atoms with E-state index in [1.54, 1.807) is 12.1 Å². The van der Waals surface area contributed by atoms with Crippen LogP contribution in [0, 0.1) is 5.92 Å². The third-order valence-corrected chi connectivity index (χ3v) is 6.81. The fraction of sp³-hybridized carbons (Fsp3) is 0.440. The van der Waals surface area contributed by atoms with Gasteiger partial charge in [-0.25, -0.2) is 9.69 Å². The van der Waals surface area contributed by atoms with Crippen LogP contribution in [0.5, 0.6) is 0 Å². The van der Waals surface area contributed by atoms with Gasteiger partial charge < -0.3 is 9.47 Å². The summed E-state index contributed by atoms with van der Waals surface area (Å²) >= 11 is 6.12. The van der Waals surface area contributed by atoms with Crippen molar-refractivity contribution in [3.63, 3.8) is 0 Å². The SMILES string of the molecule is C[C@@H]1CC([C@H](c2ccc(Cl)cc2)C(N=[N+]=[N-])C(=O)N2C(=O)OC[C@@H]2c2ccccc2)C[C@H](C)O1. The van der Waals surface area contributed by atoms with Crippen molar-refractivity contribution >= 4 is 23.6 Å². The Bertz CT molecular complexity index is 1060. The van der Waals surface area contributed by atoms with E-state index in [0.717, 1.165) is 16.0 Å². The Kier molecular flexibility index (Phi) is 7.41. The minimum absolute atomic E-state index is 0.00632. The number of imide groups is 1. The molecule has 0 N–H and O–H groups in total. The molecule has 2 aliphatic rings. The molecule has 0 bridgehead atoms. The number of amides is 2. The zero-order valence-corrected chi connectivity index (χ0v) is 19.8. The van der Waals surface area contributed by atoms with Crippen LogP contribution in [-0.4, -0.2) is 41.8 Å². The maximum atomic E-state index is 13.9. The van der Waals surface area contributed by atoms with Gasteiger partial charge in [0.25, 0.3) is 0 Å². The predicted molar refractivity (Wildman–Crippen MR) is 127 cm³/mol. The zero-order valence-electron chi connectivity index (χ0n) is 19.1. The van der Waals surface area contributed by atoms with Crippen molar-refractivity contribution in [2.75, 3.05) is 6.61 Å². The molecule has 8 nitrogen and oxygen atoms in total. The van der Waals surface area contributed by atoms with Crippen LogP contribution >= 0.6 is 11.6 Å². The number of nitrogens with zero attached hydrogens (tertiary/aromatic N) is 4. The van der Waals surface area contributed by atoms with E-state index in [0.29, 0.717) is 17.9 Å². The Hall–Kier alpha value is -3.06. The van der Waals surface area contributed by atoms with Crippen molar-refractivity contribution in [1.82, 2.24) is 4.90 Å². The Labute approximate surface area is 203 Å². The Morgan fingerprint density at radius 3 is 2.38 bits per heavy atom. The number of azide groups is 1. The summed E-state index contributed by atoms with van der Waals surface area (Å²) in [5, 5.41) is 4.53. The Morgan fingerprint density at radius 2 is 1.76 bits per heavy atom. The van der Waals surface area contributed by atoms with E-state index in [2.05, 4.69) is 10.0 Å². The summed E-state index contributed by atoms with van der Waals surface area (Å²) in [7, 11) is 0. The molecule has 4 rings (SSSR count). The number of halogens is 1. The van der Waals surface area contributed by atoms with Gasteiger partial charge in [0.05, 0.1) is 12.2 Å². The highest BCUT2D eigenvalue weighted by molar-refractivity contribution is 6.30. The molecule has 9 heteroatoms. The van der Waals surface area contributed by atoms with Gasteiger partial charge in [-0.15, -0.1) is 0 Å². The first-order valence-corrected chi connectivity index (χ1v) is 11.8. The van der Waals surface area contributed by atoms with Crippen LogP contribution in [0.15, 0.2) is 59.7 Å². The summed E-state index contributed by atoms with van der Waals surface area (Å²) in [6.45, 7) is 4.04. The van der Waals surface area contributed by atoms with E-state index in [9.17, 15) is 15.1 Å². The largest absolute Gasteiger partial charge is 0.446 e. The molecule has 2 heterocycles. The first-order chi connectivity index (χ1) is 16.4. The van der Waals surface area contributed by atoms with Crippen LogP contribution in [0.25, 0.3) is 10.4 Å². The average molecular weight is 483 g/mol. The normalized spacial score (nSPS) is 26.3. The molecule has 34 heavy (non-hydrogen) atoms. The molecule has 2 amide bonds. The molecular weight excluding hydrogens is 456 g/mol. The third-order valence-electron chi connectivity index (χ3n) is 6.56. The molecule has 0 aliphatic carbocycles. The molecule has 6 atom stereocenters. The van der Waals surface area contributed by atoms with Gasteiger partial charge in [0, 0.05) is 15.9 Å². The molecule has 2 aromatic rings. The fourth-order valence-corrected chi connectivity index (χ4v) is 5.33. The molecule has 0 aromatic heterocycles. The predicted octanol–water partition coefficient (Wildman–Crippen LogP) is 6.03. The first-order valence-electron chi connectivity index (χ1n) is 11.4. The lowest BCUT2D eigenvalue weighted by Gasteiger charge is -2.39. The van der Waals surface area contributed by atoms with Gasteiger partial charge in [-0.3, -0.25) is 4.79 Å². The standard InChI is InChI=1S/C25H27ClN4O4/c1-15-12-19(13-16(2)34-15)22(18-8-10-20(26)11-9-18)23(28-29-27)24(31)30-21(14-33-25(30)32)17-6-4-3-5-7-17/h3-11,15-16,19,21-23H,12-14H2,1-2H3/t15-,16+,19?,21-,22+,23?/m1/s1. The Balaban J connectivity index is 1.75. The van der Waals surface area contributed by atoms with Crippen LogP contribution < -0.4 is 0 Å². The van der Waals surface area contributed by atoms with Crippen LogP contribution in [0.3, 0.4) is 0 Å². The second-order valence-electron chi connectivity index (χ2n) is 8.93. The molecule has 0 saturated carbocycles. The number of cyclic esters (lactones) is 1. The van der Waals surface area contributed by atoms with Crippen molar-refractivity contribution in [3.8, 4) is 0 Å². The van der Waals surface area contributed by atoms with E-state index in [-0.39, 0.29) is 24.7 Å². The first kappa shape index (κ1) is 24.1. The molecule has 0 spiro atoms. The Morgan fingerprint density at radius 1 is 1.12 bits per heavy atom. The molecule has 2 aliphatic heterocycles. The molecule has 2 fully saturated rings. The monoisotopic (exact) mass is 482 g/mol. The molecular formula is C25H27ClN4O4. The summed E-state index contributed by atoms with van der Waals surface area (Å²) in [5.41, 5.74) is 11.0. The molecule has 178 valence electrons. The van der Waals surface area contributed by atoms with Gasteiger partial charge in [-0.1, -0.05) is 59.2 Å². The van der Waals surface area contributed by atoms with E-state index >= 15 is 0 Å². The summed E-state index contributed by atoms with van der Waals surface area (Å²) in [6.07, 6.45) is 0.614. The van der Waals surface area contributed by atoms with Gasteiger partial charge in [-0.05, 0) is 61.4 Å². The van der Waals surface area contributed by atoms with Crippen LogP contribution in [-0.2, 0) is 14.3 Å². The van der Waals surface area contributed by atoms with E-state index in [4.69, 9.17) is 21.1 Å². The molecule has 2 aromatic carbocycles.